The highest BCUT2D eigenvalue weighted by molar-refractivity contribution is 9.11. The lowest BCUT2D eigenvalue weighted by molar-refractivity contribution is 0.173. The molecule has 0 saturated heterocycles. The number of anilines is 3. The van der Waals surface area contributed by atoms with Gasteiger partial charge in [-0.25, -0.2) is 0 Å². The van der Waals surface area contributed by atoms with Crippen LogP contribution in [0.1, 0.15) is 11.1 Å². The van der Waals surface area contributed by atoms with Crippen molar-refractivity contribution in [3.05, 3.63) is 87.7 Å². The Labute approximate surface area is 195 Å². The fourth-order valence-corrected chi connectivity index (χ4v) is 5.40. The van der Waals surface area contributed by atoms with Gasteiger partial charge in [0.2, 0.25) is 0 Å². The number of nitrogens with zero attached hydrogens (tertiary/aromatic N) is 1. The third kappa shape index (κ3) is 3.95. The molecule has 0 saturated carbocycles. The summed E-state index contributed by atoms with van der Waals surface area (Å²) in [6.07, 6.45) is 0. The first-order valence-corrected chi connectivity index (χ1v) is 11.8. The van der Waals surface area contributed by atoms with E-state index < -0.39 is 0 Å². The van der Waals surface area contributed by atoms with Crippen LogP contribution in [0.25, 0.3) is 10.4 Å². The van der Waals surface area contributed by atoms with Crippen LogP contribution < -0.4 is 14.4 Å². The zero-order valence-corrected chi connectivity index (χ0v) is 19.8. The maximum absolute atomic E-state index is 5.91. The van der Waals surface area contributed by atoms with Gasteiger partial charge in [0.15, 0.2) is 11.5 Å². The van der Waals surface area contributed by atoms with Crippen molar-refractivity contribution in [3.63, 3.8) is 0 Å². The Kier molecular flexibility index (Phi) is 5.47. The molecule has 5 rings (SSSR count). The third-order valence-corrected chi connectivity index (χ3v) is 7.17. The molecule has 0 unspecified atom stereocenters. The van der Waals surface area contributed by atoms with E-state index in [2.05, 4.69) is 107 Å². The number of ether oxygens (including phenoxy) is 2. The van der Waals surface area contributed by atoms with Crippen molar-refractivity contribution in [1.82, 2.24) is 0 Å². The summed E-state index contributed by atoms with van der Waals surface area (Å²) in [6.45, 7) is 5.39. The summed E-state index contributed by atoms with van der Waals surface area (Å²) in [5.41, 5.74) is 6.99. The molecule has 0 atom stereocenters. The predicted molar refractivity (Wildman–Crippen MR) is 133 cm³/mol. The third-order valence-electron chi connectivity index (χ3n) is 5.33. The van der Waals surface area contributed by atoms with Crippen LogP contribution in [0.2, 0.25) is 0 Å². The van der Waals surface area contributed by atoms with Crippen molar-refractivity contribution in [2.75, 3.05) is 18.1 Å². The molecule has 1 aromatic heterocycles. The minimum Gasteiger partial charge on any atom is -0.485 e. The Bertz CT molecular complexity index is 1150. The summed E-state index contributed by atoms with van der Waals surface area (Å²) in [6, 6.07) is 25.9. The van der Waals surface area contributed by atoms with Gasteiger partial charge in [0.25, 0.3) is 0 Å². The molecule has 156 valence electrons. The lowest BCUT2D eigenvalue weighted by Crippen LogP contribution is -2.14. The number of benzene rings is 3. The van der Waals surface area contributed by atoms with Gasteiger partial charge in [-0.2, -0.15) is 0 Å². The maximum atomic E-state index is 5.91. The van der Waals surface area contributed by atoms with Gasteiger partial charge < -0.3 is 14.4 Å². The Balaban J connectivity index is 1.55. The largest absolute Gasteiger partial charge is 0.485 e. The molecule has 0 N–H and O–H groups in total. The molecule has 5 heteroatoms. The quantitative estimate of drug-likeness (QED) is 0.288. The summed E-state index contributed by atoms with van der Waals surface area (Å²) < 4.78 is 12.7. The molecule has 0 spiro atoms. The Morgan fingerprint density at radius 2 is 1.13 bits per heavy atom. The molecule has 1 aliphatic heterocycles. The molecule has 3 nitrogen and oxygen atoms in total. The predicted octanol–water partition coefficient (Wildman–Crippen LogP) is 8.04. The van der Waals surface area contributed by atoms with Crippen molar-refractivity contribution < 1.29 is 9.47 Å². The number of aryl methyl sites for hydroxylation is 2. The molecule has 0 amide bonds. The maximum Gasteiger partial charge on any atom is 0.187 e. The molecule has 0 radical (unpaired) electrons. The molecular formula is C26H22BrNO2S. The van der Waals surface area contributed by atoms with E-state index in [0.29, 0.717) is 13.2 Å². The van der Waals surface area contributed by atoms with Crippen molar-refractivity contribution in [2.24, 2.45) is 0 Å². The van der Waals surface area contributed by atoms with E-state index in [1.807, 2.05) is 0 Å². The highest BCUT2D eigenvalue weighted by Gasteiger charge is 2.24. The summed E-state index contributed by atoms with van der Waals surface area (Å²) in [5, 5.41) is 0. The minimum absolute atomic E-state index is 0.579. The lowest BCUT2D eigenvalue weighted by Gasteiger charge is -2.26. The van der Waals surface area contributed by atoms with Gasteiger partial charge in [0.1, 0.15) is 17.0 Å². The average molecular weight is 492 g/mol. The van der Waals surface area contributed by atoms with Crippen molar-refractivity contribution in [3.8, 4) is 21.9 Å². The lowest BCUT2D eigenvalue weighted by atomic mass is 10.1. The summed E-state index contributed by atoms with van der Waals surface area (Å²) >= 11 is 5.26. The van der Waals surface area contributed by atoms with Gasteiger partial charge in [0.05, 0.1) is 4.88 Å². The monoisotopic (exact) mass is 491 g/mol. The second kappa shape index (κ2) is 8.40. The molecule has 0 fully saturated rings. The first-order valence-electron chi connectivity index (χ1n) is 10.2. The van der Waals surface area contributed by atoms with Gasteiger partial charge in [-0.05, 0) is 71.7 Å². The average Bonchev–Trinajstić information content (AvgIpc) is 3.14. The number of halogens is 1. The highest BCUT2D eigenvalue weighted by atomic mass is 79.9. The van der Waals surface area contributed by atoms with E-state index in [1.165, 1.54) is 11.1 Å². The van der Waals surface area contributed by atoms with Gasteiger partial charge in [0, 0.05) is 17.1 Å². The van der Waals surface area contributed by atoms with E-state index in [4.69, 9.17) is 9.47 Å². The minimum atomic E-state index is 0.579. The Morgan fingerprint density at radius 3 is 1.65 bits per heavy atom. The first kappa shape index (κ1) is 20.2. The highest BCUT2D eigenvalue weighted by Crippen LogP contribution is 2.52. The van der Waals surface area contributed by atoms with Crippen LogP contribution in [0.4, 0.5) is 17.1 Å². The van der Waals surface area contributed by atoms with E-state index in [-0.39, 0.29) is 0 Å². The molecule has 0 bridgehead atoms. The Morgan fingerprint density at radius 1 is 0.677 bits per heavy atom. The number of thiophene rings is 1. The number of fused-ring (bicyclic) bond motifs is 1. The Hall–Kier alpha value is -2.76. The molecule has 0 aliphatic carbocycles. The van der Waals surface area contributed by atoms with Crippen LogP contribution in [0, 0.1) is 13.8 Å². The normalized spacial score (nSPS) is 12.6. The number of hydrogen-bond acceptors (Lipinski definition) is 4. The van der Waals surface area contributed by atoms with Crippen LogP contribution in [-0.4, -0.2) is 13.2 Å². The fraction of sp³-hybridized carbons (Fsp3) is 0.154. The smallest absolute Gasteiger partial charge is 0.187 e. The van der Waals surface area contributed by atoms with Crippen LogP contribution in [0.5, 0.6) is 11.5 Å². The van der Waals surface area contributed by atoms with Crippen LogP contribution >= 0.6 is 27.3 Å². The fourth-order valence-electron chi connectivity index (χ4n) is 3.70. The number of rotatable bonds is 4. The van der Waals surface area contributed by atoms with Gasteiger partial charge in [-0.3, -0.25) is 0 Å². The molecule has 1 aliphatic rings. The van der Waals surface area contributed by atoms with Crippen LogP contribution in [0.15, 0.2) is 76.6 Å². The topological polar surface area (TPSA) is 21.7 Å². The first-order chi connectivity index (χ1) is 15.1. The molecular weight excluding hydrogens is 470 g/mol. The van der Waals surface area contributed by atoms with Crippen molar-refractivity contribution in [1.29, 1.82) is 0 Å². The zero-order valence-electron chi connectivity index (χ0n) is 17.4. The SMILES string of the molecule is Cc1ccc(N(c2ccc(C)cc2)c2ccc(-c3sc(Br)c4c3OCCO4)cc2)cc1. The van der Waals surface area contributed by atoms with Gasteiger partial charge in [-0.15, -0.1) is 11.3 Å². The van der Waals surface area contributed by atoms with E-state index >= 15 is 0 Å². The summed E-state index contributed by atoms with van der Waals surface area (Å²) in [4.78, 5) is 3.37. The van der Waals surface area contributed by atoms with E-state index in [0.717, 1.165) is 42.8 Å². The zero-order chi connectivity index (χ0) is 21.4. The number of hydrogen-bond donors (Lipinski definition) is 0. The standard InChI is InChI=1S/C26H22BrNO2S/c1-17-3-9-20(10-4-17)28(21-11-5-18(2)6-12-21)22-13-7-19(8-14-22)25-23-24(26(27)31-25)30-16-15-29-23/h3-14H,15-16H2,1-2H3. The van der Waals surface area contributed by atoms with E-state index in [9.17, 15) is 0 Å². The molecule has 4 aromatic rings. The molecule has 3 aromatic carbocycles. The van der Waals surface area contributed by atoms with E-state index in [1.54, 1.807) is 11.3 Å². The van der Waals surface area contributed by atoms with Crippen LogP contribution in [-0.2, 0) is 0 Å². The van der Waals surface area contributed by atoms with Crippen LogP contribution in [0.3, 0.4) is 0 Å². The second-order valence-electron chi connectivity index (χ2n) is 7.61. The van der Waals surface area contributed by atoms with Crippen molar-refractivity contribution >= 4 is 44.3 Å². The second-order valence-corrected chi connectivity index (χ2v) is 9.95. The van der Waals surface area contributed by atoms with Gasteiger partial charge >= 0.3 is 0 Å². The summed E-state index contributed by atoms with van der Waals surface area (Å²) in [5.74, 6) is 1.65. The van der Waals surface area contributed by atoms with Gasteiger partial charge in [-0.1, -0.05) is 47.5 Å². The molecule has 31 heavy (non-hydrogen) atoms. The molecule has 2 heterocycles. The summed E-state index contributed by atoms with van der Waals surface area (Å²) in [7, 11) is 0. The van der Waals surface area contributed by atoms with Crippen molar-refractivity contribution in [2.45, 2.75) is 13.8 Å².